The lowest BCUT2D eigenvalue weighted by Crippen LogP contribution is -2.49. The van der Waals surface area contributed by atoms with Crippen LogP contribution >= 0.6 is 0 Å². The largest absolute Gasteiger partial charge is 0.462 e. The molecule has 3 unspecified atom stereocenters. The summed E-state index contributed by atoms with van der Waals surface area (Å²) < 4.78 is 19.8. The van der Waals surface area contributed by atoms with E-state index in [0.717, 1.165) is 70.9 Å². The summed E-state index contributed by atoms with van der Waals surface area (Å²) in [6.45, 7) is 19.6. The van der Waals surface area contributed by atoms with Crippen LogP contribution in [0.4, 0.5) is 0 Å². The highest BCUT2D eigenvalue weighted by Gasteiger charge is 2.48. The molecule has 46 heavy (non-hydrogen) atoms. The Bertz CT molecular complexity index is 996. The number of carbonyl (C=O) groups is 1. The molecule has 2 aliphatic heterocycles. The van der Waals surface area contributed by atoms with Crippen LogP contribution < -0.4 is 0 Å². The molecule has 0 bridgehead atoms. The van der Waals surface area contributed by atoms with Crippen molar-refractivity contribution in [3.05, 3.63) is 11.1 Å². The van der Waals surface area contributed by atoms with E-state index in [2.05, 4.69) is 25.7 Å². The van der Waals surface area contributed by atoms with Crippen LogP contribution in [-0.4, -0.2) is 73.7 Å². The minimum atomic E-state index is -0.454. The van der Waals surface area contributed by atoms with Gasteiger partial charge in [-0.3, -0.25) is 4.79 Å². The molecule has 0 spiro atoms. The standard InChI is InChI=1S/C39H67NO6/c1-8-43-46-39(6,7)30-16-21-33-27(2)35(28-12-19-32(20-13-28)44-37(41)38(3,4)5)36(45-34(33)26-30)29-14-17-31(18-15-29)42-25-24-40-22-10-9-11-23-40/h28-34,36H,8-26H2,1-7H3/t28?,29?,30?,31?,32?,33?,34?,36-/m0/s1. The zero-order valence-electron chi connectivity index (χ0n) is 30.5. The second-order valence-corrected chi connectivity index (χ2v) is 16.9. The molecule has 3 saturated carbocycles. The Labute approximate surface area is 280 Å². The highest BCUT2D eigenvalue weighted by molar-refractivity contribution is 5.75. The summed E-state index contributed by atoms with van der Waals surface area (Å²) in [5.74, 6) is 1.88. The van der Waals surface area contributed by atoms with Crippen molar-refractivity contribution in [3.63, 3.8) is 0 Å². The van der Waals surface area contributed by atoms with Crippen LogP contribution in [0.25, 0.3) is 0 Å². The van der Waals surface area contributed by atoms with Crippen molar-refractivity contribution in [3.8, 4) is 0 Å². The number of rotatable bonds is 11. The second-order valence-electron chi connectivity index (χ2n) is 16.9. The lowest BCUT2D eigenvalue weighted by Gasteiger charge is -2.50. The van der Waals surface area contributed by atoms with Crippen LogP contribution in [0.2, 0.25) is 0 Å². The first kappa shape index (κ1) is 36.3. The maximum absolute atomic E-state index is 12.6. The van der Waals surface area contributed by atoms with Crippen LogP contribution in [0.1, 0.15) is 138 Å². The van der Waals surface area contributed by atoms with Crippen molar-refractivity contribution in [2.75, 3.05) is 32.8 Å². The highest BCUT2D eigenvalue weighted by Crippen LogP contribution is 2.51. The molecule has 0 aromatic heterocycles. The maximum Gasteiger partial charge on any atom is 0.311 e. The van der Waals surface area contributed by atoms with Crippen molar-refractivity contribution in [2.45, 2.75) is 168 Å². The summed E-state index contributed by atoms with van der Waals surface area (Å²) in [4.78, 5) is 26.6. The first-order chi connectivity index (χ1) is 22.0. The van der Waals surface area contributed by atoms with E-state index in [-0.39, 0.29) is 29.9 Å². The summed E-state index contributed by atoms with van der Waals surface area (Å²) in [6.07, 6.45) is 16.9. The molecule has 0 N–H and O–H groups in total. The molecule has 0 amide bonds. The van der Waals surface area contributed by atoms with Crippen LogP contribution in [0.15, 0.2) is 11.1 Å². The van der Waals surface area contributed by atoms with E-state index in [9.17, 15) is 4.79 Å². The molecule has 0 aromatic carbocycles. The van der Waals surface area contributed by atoms with Gasteiger partial charge in [0.2, 0.25) is 0 Å². The molecule has 2 heterocycles. The fourth-order valence-electron chi connectivity index (χ4n) is 9.21. The third-order valence-corrected chi connectivity index (χ3v) is 12.2. The van der Waals surface area contributed by atoms with Gasteiger partial charge in [0.25, 0.3) is 0 Å². The van der Waals surface area contributed by atoms with Crippen LogP contribution in [-0.2, 0) is 28.8 Å². The zero-order valence-corrected chi connectivity index (χ0v) is 30.5. The predicted octanol–water partition coefficient (Wildman–Crippen LogP) is 8.44. The van der Waals surface area contributed by atoms with Gasteiger partial charge < -0.3 is 19.1 Å². The van der Waals surface area contributed by atoms with Gasteiger partial charge in [0, 0.05) is 12.5 Å². The van der Waals surface area contributed by atoms with E-state index in [0.29, 0.717) is 36.4 Å². The van der Waals surface area contributed by atoms with Gasteiger partial charge in [-0.05, 0) is 168 Å². The third kappa shape index (κ3) is 9.16. The first-order valence-corrected chi connectivity index (χ1v) is 19.2. The molecule has 7 heteroatoms. The third-order valence-electron chi connectivity index (χ3n) is 12.2. The number of hydrogen-bond donors (Lipinski definition) is 0. The smallest absolute Gasteiger partial charge is 0.311 e. The number of fused-ring (bicyclic) bond motifs is 1. The Morgan fingerprint density at radius 3 is 2.20 bits per heavy atom. The van der Waals surface area contributed by atoms with Crippen molar-refractivity contribution >= 4 is 5.97 Å². The average molecular weight is 646 g/mol. The molecular weight excluding hydrogens is 578 g/mol. The van der Waals surface area contributed by atoms with Gasteiger partial charge in [-0.15, -0.1) is 0 Å². The quantitative estimate of drug-likeness (QED) is 0.0967. The second kappa shape index (κ2) is 16.1. The van der Waals surface area contributed by atoms with Gasteiger partial charge in [-0.1, -0.05) is 12.0 Å². The predicted molar refractivity (Wildman–Crippen MR) is 182 cm³/mol. The number of carbonyl (C=O) groups excluding carboxylic acids is 1. The number of piperidine rings is 1. The van der Waals surface area contributed by atoms with E-state index < -0.39 is 5.41 Å². The monoisotopic (exact) mass is 645 g/mol. The number of ether oxygens (including phenoxy) is 3. The van der Waals surface area contributed by atoms with Gasteiger partial charge in [0.1, 0.15) is 11.7 Å². The molecule has 4 atom stereocenters. The maximum atomic E-state index is 12.6. The Hall–Kier alpha value is -0.990. The van der Waals surface area contributed by atoms with Crippen LogP contribution in [0.5, 0.6) is 0 Å². The Morgan fingerprint density at radius 2 is 1.54 bits per heavy atom. The van der Waals surface area contributed by atoms with Gasteiger partial charge in [0.05, 0.1) is 36.9 Å². The highest BCUT2D eigenvalue weighted by atomic mass is 17.2. The number of esters is 1. The minimum Gasteiger partial charge on any atom is -0.462 e. The molecule has 5 rings (SSSR count). The number of likely N-dealkylation sites (tertiary alicyclic amines) is 1. The molecule has 7 nitrogen and oxygen atoms in total. The van der Waals surface area contributed by atoms with Crippen molar-refractivity contribution < 1.29 is 28.8 Å². The van der Waals surface area contributed by atoms with Gasteiger partial charge in [-0.2, -0.15) is 0 Å². The fourth-order valence-corrected chi connectivity index (χ4v) is 9.21. The van der Waals surface area contributed by atoms with Gasteiger partial charge in [0.15, 0.2) is 0 Å². The van der Waals surface area contributed by atoms with Crippen molar-refractivity contribution in [2.24, 2.45) is 29.1 Å². The molecule has 3 aliphatic carbocycles. The van der Waals surface area contributed by atoms with E-state index in [4.69, 9.17) is 24.0 Å². The van der Waals surface area contributed by atoms with E-state index in [1.165, 1.54) is 45.2 Å². The SMILES string of the molecule is CCOOC(C)(C)C1CCC2C(C)=C(C3CCC(OC(=O)C(C)(C)C)CC3)[C@H](C3CCC(OCCN4CCCCC4)CC3)OC2C1. The fraction of sp³-hybridized carbons (Fsp3) is 0.923. The summed E-state index contributed by atoms with van der Waals surface area (Å²) in [5, 5.41) is 0. The molecule has 0 radical (unpaired) electrons. The average Bonchev–Trinajstić information content (AvgIpc) is 3.04. The van der Waals surface area contributed by atoms with Crippen LogP contribution in [0, 0.1) is 29.1 Å². The summed E-state index contributed by atoms with van der Waals surface area (Å²) in [5.41, 5.74) is 2.44. The van der Waals surface area contributed by atoms with Crippen molar-refractivity contribution in [1.82, 2.24) is 4.90 Å². The lowest BCUT2D eigenvalue weighted by molar-refractivity contribution is -0.365. The number of hydrogen-bond acceptors (Lipinski definition) is 7. The molecular formula is C39H67NO6. The summed E-state index contributed by atoms with van der Waals surface area (Å²) in [7, 11) is 0. The summed E-state index contributed by atoms with van der Waals surface area (Å²) >= 11 is 0. The minimum absolute atomic E-state index is 0.0418. The van der Waals surface area contributed by atoms with E-state index >= 15 is 0 Å². The molecule has 0 aromatic rings. The van der Waals surface area contributed by atoms with Gasteiger partial charge in [-0.25, -0.2) is 9.78 Å². The van der Waals surface area contributed by atoms with E-state index in [1.54, 1.807) is 11.1 Å². The Kier molecular flexibility index (Phi) is 12.7. The Balaban J connectivity index is 1.25. The van der Waals surface area contributed by atoms with Crippen LogP contribution in [0.3, 0.4) is 0 Å². The first-order valence-electron chi connectivity index (χ1n) is 19.2. The summed E-state index contributed by atoms with van der Waals surface area (Å²) in [6, 6.07) is 0. The van der Waals surface area contributed by atoms with Crippen molar-refractivity contribution in [1.29, 1.82) is 0 Å². The molecule has 5 aliphatic rings. The van der Waals surface area contributed by atoms with E-state index in [1.807, 2.05) is 27.7 Å². The molecule has 1 saturated heterocycles. The molecule has 4 fully saturated rings. The number of nitrogens with zero attached hydrogens (tertiary/aromatic N) is 1. The lowest BCUT2D eigenvalue weighted by atomic mass is 9.65. The Morgan fingerprint density at radius 1 is 0.870 bits per heavy atom. The molecule has 264 valence electrons. The normalized spacial score (nSPS) is 35.1. The van der Waals surface area contributed by atoms with Gasteiger partial charge >= 0.3 is 5.97 Å². The zero-order chi connectivity index (χ0) is 32.9. The topological polar surface area (TPSA) is 66.5 Å².